The first-order valence-corrected chi connectivity index (χ1v) is 8.72. The Bertz CT molecular complexity index is 889. The highest BCUT2D eigenvalue weighted by Gasteiger charge is 2.11. The smallest absolute Gasteiger partial charge is 0.306 e. The van der Waals surface area contributed by atoms with E-state index >= 15 is 0 Å². The number of benzene rings is 2. The molecule has 0 N–H and O–H groups in total. The molecule has 0 fully saturated rings. The Morgan fingerprint density at radius 3 is 2.70 bits per heavy atom. The van der Waals surface area contributed by atoms with Crippen molar-refractivity contribution in [2.45, 2.75) is 26.4 Å². The van der Waals surface area contributed by atoms with Crippen molar-refractivity contribution >= 4 is 5.97 Å². The van der Waals surface area contributed by atoms with Gasteiger partial charge in [-0.25, -0.2) is 9.37 Å². The molecule has 0 bridgehead atoms. The number of halogens is 1. The number of para-hydroxylation sites is 1. The molecule has 0 aliphatic heterocycles. The average Bonchev–Trinajstić information content (AvgIpc) is 3.15. The van der Waals surface area contributed by atoms with Crippen LogP contribution in [0.4, 0.5) is 4.39 Å². The van der Waals surface area contributed by atoms with Gasteiger partial charge in [0.2, 0.25) is 5.89 Å². The van der Waals surface area contributed by atoms with E-state index < -0.39 is 0 Å². The van der Waals surface area contributed by atoms with Gasteiger partial charge in [0.15, 0.2) is 0 Å². The Morgan fingerprint density at radius 1 is 1.15 bits per heavy atom. The highest BCUT2D eigenvalue weighted by atomic mass is 19.1. The largest absolute Gasteiger partial charge is 0.494 e. The zero-order valence-corrected chi connectivity index (χ0v) is 15.0. The monoisotopic (exact) mass is 369 g/mol. The number of carbonyl (C=O) groups is 1. The minimum atomic E-state index is -0.328. The van der Waals surface area contributed by atoms with E-state index in [1.165, 1.54) is 18.4 Å². The Morgan fingerprint density at radius 2 is 1.93 bits per heavy atom. The van der Waals surface area contributed by atoms with Crippen molar-refractivity contribution in [3.63, 3.8) is 0 Å². The van der Waals surface area contributed by atoms with Crippen molar-refractivity contribution < 1.29 is 23.1 Å². The standard InChI is InChI=1S/C21H20FNO4/c1-2-25-19-6-4-3-5-15(19)9-12-20(24)26-13-18-14-27-21(23-18)16-7-10-17(22)11-8-16/h3-8,10-11,14H,2,9,12-13H2,1H3. The molecule has 3 rings (SSSR count). The summed E-state index contributed by atoms with van der Waals surface area (Å²) in [5.41, 5.74) is 2.12. The number of oxazole rings is 1. The normalized spacial score (nSPS) is 10.6. The van der Waals surface area contributed by atoms with E-state index in [0.717, 1.165) is 11.3 Å². The third kappa shape index (κ3) is 5.17. The van der Waals surface area contributed by atoms with E-state index in [1.807, 2.05) is 31.2 Å². The first-order valence-electron chi connectivity index (χ1n) is 8.72. The lowest BCUT2D eigenvalue weighted by atomic mass is 10.1. The van der Waals surface area contributed by atoms with Gasteiger partial charge in [0.05, 0.1) is 6.61 Å². The second-order valence-electron chi connectivity index (χ2n) is 5.85. The summed E-state index contributed by atoms with van der Waals surface area (Å²) in [6, 6.07) is 13.4. The van der Waals surface area contributed by atoms with E-state index in [1.54, 1.807) is 12.1 Å². The molecule has 0 aliphatic rings. The number of hydrogen-bond acceptors (Lipinski definition) is 5. The number of carbonyl (C=O) groups excluding carboxylic acids is 1. The second kappa shape index (κ2) is 8.98. The first kappa shape index (κ1) is 18.6. The van der Waals surface area contributed by atoms with Gasteiger partial charge in [-0.05, 0) is 49.2 Å². The molecule has 27 heavy (non-hydrogen) atoms. The predicted molar refractivity (Wildman–Crippen MR) is 97.6 cm³/mol. The van der Waals surface area contributed by atoms with Crippen LogP contribution in [0.25, 0.3) is 11.5 Å². The minimum absolute atomic E-state index is 0.0244. The van der Waals surface area contributed by atoms with E-state index in [-0.39, 0.29) is 24.8 Å². The van der Waals surface area contributed by atoms with Crippen LogP contribution >= 0.6 is 0 Å². The molecule has 0 radical (unpaired) electrons. The summed E-state index contributed by atoms with van der Waals surface area (Å²) < 4.78 is 29.1. The molecular weight excluding hydrogens is 349 g/mol. The van der Waals surface area contributed by atoms with Crippen LogP contribution in [0.15, 0.2) is 59.2 Å². The van der Waals surface area contributed by atoms with Crippen LogP contribution in [0.2, 0.25) is 0 Å². The highest BCUT2D eigenvalue weighted by Crippen LogP contribution is 2.21. The summed E-state index contributed by atoms with van der Waals surface area (Å²) in [5.74, 6) is 0.484. The van der Waals surface area contributed by atoms with Crippen molar-refractivity contribution in [1.29, 1.82) is 0 Å². The van der Waals surface area contributed by atoms with E-state index in [2.05, 4.69) is 4.98 Å². The van der Waals surface area contributed by atoms with Crippen LogP contribution in [-0.2, 0) is 22.6 Å². The summed E-state index contributed by atoms with van der Waals surface area (Å²) in [7, 11) is 0. The fourth-order valence-corrected chi connectivity index (χ4v) is 2.57. The third-order valence-corrected chi connectivity index (χ3v) is 3.89. The SMILES string of the molecule is CCOc1ccccc1CCC(=O)OCc1coc(-c2ccc(F)cc2)n1. The van der Waals surface area contributed by atoms with Gasteiger partial charge < -0.3 is 13.9 Å². The molecule has 140 valence electrons. The summed E-state index contributed by atoms with van der Waals surface area (Å²) in [4.78, 5) is 16.3. The number of nitrogens with zero attached hydrogens (tertiary/aromatic N) is 1. The average molecular weight is 369 g/mol. The molecule has 1 heterocycles. The molecule has 0 unspecified atom stereocenters. The molecule has 0 amide bonds. The minimum Gasteiger partial charge on any atom is -0.494 e. The zero-order chi connectivity index (χ0) is 19.1. The van der Waals surface area contributed by atoms with Gasteiger partial charge in [-0.15, -0.1) is 0 Å². The molecule has 1 aromatic heterocycles. The van der Waals surface area contributed by atoms with Crippen LogP contribution < -0.4 is 4.74 Å². The number of ether oxygens (including phenoxy) is 2. The van der Waals surface area contributed by atoms with Crippen molar-refractivity contribution in [1.82, 2.24) is 4.98 Å². The lowest BCUT2D eigenvalue weighted by molar-refractivity contribution is -0.145. The molecule has 2 aromatic carbocycles. The third-order valence-electron chi connectivity index (χ3n) is 3.89. The molecule has 5 nitrogen and oxygen atoms in total. The van der Waals surface area contributed by atoms with Crippen molar-refractivity contribution in [3.8, 4) is 17.2 Å². The van der Waals surface area contributed by atoms with Crippen molar-refractivity contribution in [2.75, 3.05) is 6.61 Å². The quantitative estimate of drug-likeness (QED) is 0.545. The fourth-order valence-electron chi connectivity index (χ4n) is 2.57. The molecule has 0 spiro atoms. The Balaban J connectivity index is 1.50. The fraction of sp³-hybridized carbons (Fsp3) is 0.238. The number of aryl methyl sites for hydroxylation is 1. The number of rotatable bonds is 8. The maximum atomic E-state index is 13.0. The van der Waals surface area contributed by atoms with Gasteiger partial charge in [0.1, 0.15) is 30.1 Å². The number of hydrogen-bond donors (Lipinski definition) is 0. The van der Waals surface area contributed by atoms with Gasteiger partial charge in [-0.3, -0.25) is 4.79 Å². The molecule has 0 atom stereocenters. The van der Waals surface area contributed by atoms with Gasteiger partial charge in [0.25, 0.3) is 0 Å². The summed E-state index contributed by atoms with van der Waals surface area (Å²) in [6.45, 7) is 2.52. The maximum Gasteiger partial charge on any atom is 0.306 e. The molecule has 6 heteroatoms. The molecule has 0 saturated heterocycles. The predicted octanol–water partition coefficient (Wildman–Crippen LogP) is 4.56. The highest BCUT2D eigenvalue weighted by molar-refractivity contribution is 5.69. The summed E-state index contributed by atoms with van der Waals surface area (Å²) in [6.07, 6.45) is 2.21. The van der Waals surface area contributed by atoms with Gasteiger partial charge >= 0.3 is 5.97 Å². The first-order chi connectivity index (χ1) is 13.2. The van der Waals surface area contributed by atoms with Crippen LogP contribution in [0, 0.1) is 5.82 Å². The van der Waals surface area contributed by atoms with Crippen LogP contribution in [-0.4, -0.2) is 17.6 Å². The second-order valence-corrected chi connectivity index (χ2v) is 5.85. The Hall–Kier alpha value is -3.15. The molecule has 0 aliphatic carbocycles. The number of esters is 1. The van der Waals surface area contributed by atoms with Crippen LogP contribution in [0.3, 0.4) is 0 Å². The van der Waals surface area contributed by atoms with Gasteiger partial charge in [-0.1, -0.05) is 18.2 Å². The van der Waals surface area contributed by atoms with Crippen molar-refractivity contribution in [3.05, 3.63) is 71.9 Å². The summed E-state index contributed by atoms with van der Waals surface area (Å²) in [5, 5.41) is 0. The number of aromatic nitrogens is 1. The lowest BCUT2D eigenvalue weighted by Crippen LogP contribution is -2.07. The maximum absolute atomic E-state index is 13.0. The Labute approximate surface area is 156 Å². The lowest BCUT2D eigenvalue weighted by Gasteiger charge is -2.09. The van der Waals surface area contributed by atoms with Crippen molar-refractivity contribution in [2.24, 2.45) is 0 Å². The van der Waals surface area contributed by atoms with Crippen LogP contribution in [0.5, 0.6) is 5.75 Å². The molecular formula is C21H20FNO4. The Kier molecular flexibility index (Phi) is 6.20. The molecule has 3 aromatic rings. The van der Waals surface area contributed by atoms with Gasteiger partial charge in [0, 0.05) is 12.0 Å². The zero-order valence-electron chi connectivity index (χ0n) is 15.0. The van der Waals surface area contributed by atoms with Gasteiger partial charge in [-0.2, -0.15) is 0 Å². The topological polar surface area (TPSA) is 61.6 Å². The van der Waals surface area contributed by atoms with Crippen LogP contribution in [0.1, 0.15) is 24.6 Å². The van der Waals surface area contributed by atoms with E-state index in [4.69, 9.17) is 13.9 Å². The summed E-state index contributed by atoms with van der Waals surface area (Å²) >= 11 is 0. The molecule has 0 saturated carbocycles. The van der Waals surface area contributed by atoms with E-state index in [9.17, 15) is 9.18 Å². The van der Waals surface area contributed by atoms with E-state index in [0.29, 0.717) is 30.2 Å².